The highest BCUT2D eigenvalue weighted by molar-refractivity contribution is 5.86. The number of likely N-dealkylation sites (N-methyl/N-ethyl adjacent to an activating group) is 1. The molecule has 1 aliphatic heterocycles. The van der Waals surface area contributed by atoms with Crippen LogP contribution in [0.4, 0.5) is 0 Å². The summed E-state index contributed by atoms with van der Waals surface area (Å²) >= 11 is 0. The smallest absolute Gasteiger partial charge is 0.223 e. The van der Waals surface area contributed by atoms with Gasteiger partial charge in [-0.15, -0.1) is 37.2 Å². The molecule has 0 spiro atoms. The number of carbonyl (C=O) groups is 1. The lowest BCUT2D eigenvalue weighted by Gasteiger charge is -2.36. The minimum atomic E-state index is 0. The van der Waals surface area contributed by atoms with E-state index in [0.717, 1.165) is 58.4 Å². The minimum Gasteiger partial charge on any atom is -0.354 e. The van der Waals surface area contributed by atoms with Crippen LogP contribution >= 0.6 is 37.2 Å². The van der Waals surface area contributed by atoms with Crippen LogP contribution in [0.15, 0.2) is 0 Å². The molecular weight excluding hydrogens is 359 g/mol. The molecule has 1 aliphatic carbocycles. The molecule has 0 bridgehead atoms. The zero-order valence-electron chi connectivity index (χ0n) is 14.2. The number of hydrogen-bond donors (Lipinski definition) is 2. The van der Waals surface area contributed by atoms with Crippen molar-refractivity contribution in [2.24, 2.45) is 11.7 Å². The largest absolute Gasteiger partial charge is 0.354 e. The van der Waals surface area contributed by atoms with Gasteiger partial charge in [0.25, 0.3) is 0 Å². The van der Waals surface area contributed by atoms with Gasteiger partial charge in [0, 0.05) is 50.7 Å². The first-order valence-electron chi connectivity index (χ1n) is 8.02. The van der Waals surface area contributed by atoms with Crippen molar-refractivity contribution >= 4 is 43.1 Å². The van der Waals surface area contributed by atoms with E-state index in [2.05, 4.69) is 29.1 Å². The van der Waals surface area contributed by atoms with Crippen LogP contribution in [0.25, 0.3) is 0 Å². The molecule has 23 heavy (non-hydrogen) atoms. The van der Waals surface area contributed by atoms with Crippen molar-refractivity contribution in [3.05, 3.63) is 0 Å². The SMILES string of the molecule is CC(CNC(=O)C1CCCC(N)C1)N1CCN(C)CC1.Cl.Cl.Cl. The normalized spacial score (nSPS) is 26.9. The number of nitrogens with zero attached hydrogens (tertiary/aromatic N) is 2. The molecule has 140 valence electrons. The van der Waals surface area contributed by atoms with Crippen molar-refractivity contribution in [1.82, 2.24) is 15.1 Å². The zero-order chi connectivity index (χ0) is 14.5. The van der Waals surface area contributed by atoms with Crippen molar-refractivity contribution in [3.8, 4) is 0 Å². The molecule has 0 radical (unpaired) electrons. The van der Waals surface area contributed by atoms with E-state index in [1.807, 2.05) is 0 Å². The molecule has 2 rings (SSSR count). The van der Waals surface area contributed by atoms with Crippen LogP contribution in [-0.4, -0.2) is 67.6 Å². The van der Waals surface area contributed by atoms with Gasteiger partial charge in [-0.3, -0.25) is 9.69 Å². The van der Waals surface area contributed by atoms with Crippen molar-refractivity contribution in [2.45, 2.75) is 44.7 Å². The molecule has 1 saturated carbocycles. The van der Waals surface area contributed by atoms with E-state index in [1.54, 1.807) is 0 Å². The molecule has 2 aliphatic rings. The second-order valence-corrected chi connectivity index (χ2v) is 6.56. The third-order valence-corrected chi connectivity index (χ3v) is 4.82. The second-order valence-electron chi connectivity index (χ2n) is 6.56. The van der Waals surface area contributed by atoms with Crippen LogP contribution < -0.4 is 11.1 Å². The summed E-state index contributed by atoms with van der Waals surface area (Å²) in [5, 5.41) is 3.13. The van der Waals surface area contributed by atoms with Crippen LogP contribution in [0.1, 0.15) is 32.6 Å². The highest BCUT2D eigenvalue weighted by Gasteiger charge is 2.26. The van der Waals surface area contributed by atoms with Gasteiger partial charge >= 0.3 is 0 Å². The maximum Gasteiger partial charge on any atom is 0.223 e. The van der Waals surface area contributed by atoms with Gasteiger partial charge in [-0.1, -0.05) is 6.42 Å². The van der Waals surface area contributed by atoms with Crippen LogP contribution in [0.2, 0.25) is 0 Å². The van der Waals surface area contributed by atoms with Gasteiger partial charge in [-0.25, -0.2) is 0 Å². The van der Waals surface area contributed by atoms with Crippen LogP contribution in [0.3, 0.4) is 0 Å². The Morgan fingerprint density at radius 1 is 1.17 bits per heavy atom. The number of piperazine rings is 1. The number of amides is 1. The minimum absolute atomic E-state index is 0. The lowest BCUT2D eigenvalue weighted by molar-refractivity contribution is -0.126. The Balaban J connectivity index is 0. The van der Waals surface area contributed by atoms with Gasteiger partial charge in [-0.2, -0.15) is 0 Å². The van der Waals surface area contributed by atoms with Gasteiger partial charge in [0.1, 0.15) is 0 Å². The maximum atomic E-state index is 12.2. The van der Waals surface area contributed by atoms with Crippen molar-refractivity contribution < 1.29 is 4.79 Å². The quantitative estimate of drug-likeness (QED) is 0.763. The van der Waals surface area contributed by atoms with E-state index in [9.17, 15) is 4.79 Å². The molecule has 5 nitrogen and oxygen atoms in total. The predicted octanol–water partition coefficient (Wildman–Crippen LogP) is 1.52. The lowest BCUT2D eigenvalue weighted by Crippen LogP contribution is -2.51. The van der Waals surface area contributed by atoms with E-state index < -0.39 is 0 Å². The molecule has 0 aromatic rings. The Morgan fingerprint density at radius 2 is 1.78 bits per heavy atom. The monoisotopic (exact) mass is 390 g/mol. The Kier molecular flexibility index (Phi) is 13.9. The number of hydrogen-bond acceptors (Lipinski definition) is 4. The van der Waals surface area contributed by atoms with Crippen LogP contribution in [0, 0.1) is 5.92 Å². The first-order valence-corrected chi connectivity index (χ1v) is 8.02. The molecule has 0 aromatic carbocycles. The highest BCUT2D eigenvalue weighted by atomic mass is 35.5. The van der Waals surface area contributed by atoms with Gasteiger partial charge in [-0.05, 0) is 33.2 Å². The summed E-state index contributed by atoms with van der Waals surface area (Å²) in [6, 6.07) is 0.638. The number of carbonyl (C=O) groups excluding carboxylic acids is 1. The number of nitrogens with one attached hydrogen (secondary N) is 1. The summed E-state index contributed by atoms with van der Waals surface area (Å²) in [5.41, 5.74) is 5.96. The Labute approximate surface area is 159 Å². The van der Waals surface area contributed by atoms with Crippen molar-refractivity contribution in [2.75, 3.05) is 39.8 Å². The molecule has 1 saturated heterocycles. The fraction of sp³-hybridized carbons (Fsp3) is 0.933. The fourth-order valence-corrected chi connectivity index (χ4v) is 3.25. The Morgan fingerprint density at radius 3 is 2.35 bits per heavy atom. The molecule has 3 unspecified atom stereocenters. The summed E-state index contributed by atoms with van der Waals surface area (Å²) < 4.78 is 0. The maximum absolute atomic E-state index is 12.2. The zero-order valence-corrected chi connectivity index (χ0v) is 16.7. The molecular formula is C15H33Cl3N4O. The number of halogens is 3. The average Bonchev–Trinajstić information content (AvgIpc) is 2.45. The molecule has 0 aromatic heterocycles. The molecule has 2 fully saturated rings. The molecule has 1 amide bonds. The van der Waals surface area contributed by atoms with E-state index in [1.165, 1.54) is 0 Å². The van der Waals surface area contributed by atoms with Gasteiger partial charge in [0.15, 0.2) is 0 Å². The topological polar surface area (TPSA) is 61.6 Å². The van der Waals surface area contributed by atoms with Crippen molar-refractivity contribution in [3.63, 3.8) is 0 Å². The molecule has 3 atom stereocenters. The van der Waals surface area contributed by atoms with Gasteiger partial charge in [0.2, 0.25) is 5.91 Å². The van der Waals surface area contributed by atoms with Crippen molar-refractivity contribution in [1.29, 1.82) is 0 Å². The van der Waals surface area contributed by atoms with Gasteiger partial charge < -0.3 is 16.0 Å². The predicted molar refractivity (Wildman–Crippen MR) is 103 cm³/mol. The second kappa shape index (κ2) is 12.6. The number of rotatable bonds is 4. The van der Waals surface area contributed by atoms with E-state index in [0.29, 0.717) is 6.04 Å². The average molecular weight is 392 g/mol. The Bertz CT molecular complexity index is 328. The summed E-state index contributed by atoms with van der Waals surface area (Å²) in [5.74, 6) is 0.347. The fourth-order valence-electron chi connectivity index (χ4n) is 3.25. The third-order valence-electron chi connectivity index (χ3n) is 4.82. The summed E-state index contributed by atoms with van der Waals surface area (Å²) in [6.45, 7) is 7.40. The third kappa shape index (κ3) is 8.23. The summed E-state index contributed by atoms with van der Waals surface area (Å²) in [7, 11) is 2.16. The number of nitrogens with two attached hydrogens (primary N) is 1. The lowest BCUT2D eigenvalue weighted by atomic mass is 9.85. The van der Waals surface area contributed by atoms with E-state index in [-0.39, 0.29) is 55.1 Å². The van der Waals surface area contributed by atoms with E-state index >= 15 is 0 Å². The van der Waals surface area contributed by atoms with Crippen LogP contribution in [-0.2, 0) is 4.79 Å². The summed E-state index contributed by atoms with van der Waals surface area (Å²) in [6.07, 6.45) is 4.02. The van der Waals surface area contributed by atoms with E-state index in [4.69, 9.17) is 5.73 Å². The standard InChI is InChI=1S/C15H30N4O.3ClH/c1-12(19-8-6-18(2)7-9-19)11-17-15(20)13-4-3-5-14(16)10-13;;;/h12-14H,3-11,16H2,1-2H3,(H,17,20);3*1H. The van der Waals surface area contributed by atoms with Crippen LogP contribution in [0.5, 0.6) is 0 Å². The van der Waals surface area contributed by atoms with Gasteiger partial charge in [0.05, 0.1) is 0 Å². The first kappa shape index (κ1) is 25.5. The summed E-state index contributed by atoms with van der Waals surface area (Å²) in [4.78, 5) is 17.0. The highest BCUT2D eigenvalue weighted by Crippen LogP contribution is 2.23. The molecule has 3 N–H and O–H groups in total. The Hall–Kier alpha value is 0.220. The molecule has 1 heterocycles. The molecule has 8 heteroatoms. The first-order chi connectivity index (χ1) is 9.56.